The van der Waals surface area contributed by atoms with E-state index < -0.39 is 50.7 Å². The lowest BCUT2D eigenvalue weighted by Gasteiger charge is -2.15. The summed E-state index contributed by atoms with van der Waals surface area (Å²) in [5.74, 6) is -2.63. The number of carbonyl (C=O) groups is 2. The van der Waals surface area contributed by atoms with Gasteiger partial charge in [-0.1, -0.05) is 12.1 Å². The topological polar surface area (TPSA) is 132 Å². The van der Waals surface area contributed by atoms with Crippen molar-refractivity contribution in [3.8, 4) is 5.75 Å². The van der Waals surface area contributed by atoms with Crippen LogP contribution >= 0.6 is 0 Å². The summed E-state index contributed by atoms with van der Waals surface area (Å²) in [7, 11) is -3.53. The number of pyridine rings is 1. The Labute approximate surface area is 160 Å². The summed E-state index contributed by atoms with van der Waals surface area (Å²) in [6.45, 7) is -0.275. The maximum atomic E-state index is 12.8. The average Bonchev–Trinajstić information content (AvgIpc) is 3.43. The van der Waals surface area contributed by atoms with Gasteiger partial charge < -0.3 is 15.3 Å². The van der Waals surface area contributed by atoms with E-state index >= 15 is 0 Å². The van der Waals surface area contributed by atoms with E-state index in [0.717, 1.165) is 23.8 Å². The van der Waals surface area contributed by atoms with Crippen molar-refractivity contribution in [3.63, 3.8) is 0 Å². The van der Waals surface area contributed by atoms with Gasteiger partial charge in [0.25, 0.3) is 11.5 Å². The number of Topliss-reactive ketones (excluding diaryl/α,β-unsaturated/α-hetero) is 1. The highest BCUT2D eigenvalue weighted by Gasteiger charge is 2.26. The van der Waals surface area contributed by atoms with Crippen molar-refractivity contribution in [2.75, 3.05) is 25.2 Å². The molecule has 1 aliphatic rings. The Morgan fingerprint density at radius 1 is 1.29 bits per heavy atom. The first-order valence-corrected chi connectivity index (χ1v) is 10.7. The lowest BCUT2D eigenvalue weighted by Crippen LogP contribution is -2.39. The monoisotopic (exact) mass is 408 g/mol. The highest BCUT2D eigenvalue weighted by molar-refractivity contribution is 7.91. The number of fused-ring (bicyclic) bond motifs is 1. The number of ketones is 1. The van der Waals surface area contributed by atoms with Gasteiger partial charge in [0.1, 0.15) is 23.7 Å². The molecule has 1 fully saturated rings. The second kappa shape index (κ2) is 7.63. The smallest absolute Gasteiger partial charge is 0.300 e. The fourth-order valence-electron chi connectivity index (χ4n) is 2.71. The summed E-state index contributed by atoms with van der Waals surface area (Å²) in [4.78, 5) is 42.5. The number of aromatic nitrogens is 1. The van der Waals surface area contributed by atoms with Crippen molar-refractivity contribution in [2.45, 2.75) is 12.8 Å². The molecule has 2 N–H and O–H groups in total. The van der Waals surface area contributed by atoms with Gasteiger partial charge in [0, 0.05) is 11.6 Å². The number of para-hydroxylation sites is 1. The fraction of sp³-hybridized carbons (Fsp3) is 0.389. The molecule has 1 heterocycles. The maximum absolute atomic E-state index is 12.8. The Balaban J connectivity index is 1.92. The zero-order valence-corrected chi connectivity index (χ0v) is 16.0. The van der Waals surface area contributed by atoms with Gasteiger partial charge in [0.05, 0.1) is 12.1 Å². The number of nitrogens with zero attached hydrogens (tertiary/aromatic N) is 1. The molecule has 3 rings (SSSR count). The van der Waals surface area contributed by atoms with Crippen LogP contribution in [0, 0.1) is 5.92 Å². The van der Waals surface area contributed by atoms with Crippen LogP contribution in [0.1, 0.15) is 23.2 Å². The van der Waals surface area contributed by atoms with Crippen LogP contribution in [0.3, 0.4) is 0 Å². The molecule has 0 saturated heterocycles. The fourth-order valence-corrected chi connectivity index (χ4v) is 3.39. The van der Waals surface area contributed by atoms with E-state index in [-0.39, 0.29) is 5.39 Å². The molecule has 1 aromatic carbocycles. The van der Waals surface area contributed by atoms with Crippen LogP contribution in [0.2, 0.25) is 0 Å². The molecule has 0 atom stereocenters. The minimum absolute atomic E-state index is 0.241. The van der Waals surface area contributed by atoms with Gasteiger partial charge in [0.2, 0.25) is 0 Å². The number of hydrogen-bond acceptors (Lipinski definition) is 7. The lowest BCUT2D eigenvalue weighted by molar-refractivity contribution is -0.115. The van der Waals surface area contributed by atoms with Gasteiger partial charge in [-0.25, -0.2) is 8.42 Å². The second-order valence-electron chi connectivity index (χ2n) is 6.87. The van der Waals surface area contributed by atoms with E-state index in [2.05, 4.69) is 5.32 Å². The predicted octanol–water partition coefficient (Wildman–Crippen LogP) is -0.111. The predicted molar refractivity (Wildman–Crippen MR) is 101 cm³/mol. The second-order valence-corrected chi connectivity index (χ2v) is 9.01. The Morgan fingerprint density at radius 3 is 2.61 bits per heavy atom. The number of hydrogen-bond donors (Lipinski definition) is 2. The maximum Gasteiger partial charge on any atom is 0.300 e. The summed E-state index contributed by atoms with van der Waals surface area (Å²) >= 11 is 0. The number of aromatic hydroxyl groups is 1. The molecule has 0 radical (unpaired) electrons. The van der Waals surface area contributed by atoms with E-state index in [0.29, 0.717) is 18.0 Å². The minimum atomic E-state index is -3.53. The largest absolute Gasteiger partial charge is 0.506 e. The van der Waals surface area contributed by atoms with Crippen LogP contribution in [-0.2, 0) is 14.6 Å². The standard InChI is InChI=1S/C18H20N2O7S/c1-28(25,26)10-12(21)8-19-17(23)15-16(22)13-4-2-3-5-14(13)20(18(15)24)27-9-11-6-7-11/h2-5,11,22H,6-10H2,1H3,(H,19,23). The van der Waals surface area contributed by atoms with E-state index in [1.807, 2.05) is 0 Å². The summed E-state index contributed by atoms with van der Waals surface area (Å²) in [5.41, 5.74) is -1.11. The van der Waals surface area contributed by atoms with Gasteiger partial charge in [-0.3, -0.25) is 14.4 Å². The molecule has 150 valence electrons. The zero-order chi connectivity index (χ0) is 20.5. The first-order valence-electron chi connectivity index (χ1n) is 8.65. The molecule has 28 heavy (non-hydrogen) atoms. The SMILES string of the molecule is CS(=O)(=O)CC(=O)CNC(=O)c1c(O)c2ccccc2n(OCC2CC2)c1=O. The summed E-state index contributed by atoms with van der Waals surface area (Å²) < 4.78 is 23.3. The third kappa shape index (κ3) is 4.50. The molecule has 1 saturated carbocycles. The number of benzene rings is 1. The van der Waals surface area contributed by atoms with Crippen molar-refractivity contribution >= 4 is 32.4 Å². The molecule has 0 unspecified atom stereocenters. The molecule has 0 spiro atoms. The van der Waals surface area contributed by atoms with E-state index in [1.54, 1.807) is 18.2 Å². The van der Waals surface area contributed by atoms with Crippen LogP contribution in [0.5, 0.6) is 5.75 Å². The molecule has 9 nitrogen and oxygen atoms in total. The van der Waals surface area contributed by atoms with E-state index in [9.17, 15) is 27.9 Å². The Bertz CT molecular complexity index is 1100. The van der Waals surface area contributed by atoms with Gasteiger partial charge in [-0.05, 0) is 30.9 Å². The summed E-state index contributed by atoms with van der Waals surface area (Å²) in [6, 6.07) is 6.42. The summed E-state index contributed by atoms with van der Waals surface area (Å²) in [6.07, 6.45) is 2.90. The van der Waals surface area contributed by atoms with Gasteiger partial charge in [-0.15, -0.1) is 4.73 Å². The molecule has 1 amide bonds. The highest BCUT2D eigenvalue weighted by Crippen LogP contribution is 2.29. The van der Waals surface area contributed by atoms with Crippen LogP contribution in [0.15, 0.2) is 29.1 Å². The third-order valence-electron chi connectivity index (χ3n) is 4.25. The van der Waals surface area contributed by atoms with Crippen LogP contribution in [0.25, 0.3) is 10.9 Å². The molecule has 0 aliphatic heterocycles. The molecule has 1 aliphatic carbocycles. The summed E-state index contributed by atoms with van der Waals surface area (Å²) in [5, 5.41) is 12.9. The van der Waals surface area contributed by atoms with Crippen LogP contribution < -0.4 is 15.7 Å². The number of amides is 1. The van der Waals surface area contributed by atoms with Gasteiger partial charge in [0.15, 0.2) is 15.6 Å². The van der Waals surface area contributed by atoms with Crippen molar-refractivity contribution in [1.29, 1.82) is 0 Å². The molecule has 1 aromatic heterocycles. The van der Waals surface area contributed by atoms with Crippen molar-refractivity contribution in [3.05, 3.63) is 40.2 Å². The van der Waals surface area contributed by atoms with E-state index in [4.69, 9.17) is 4.84 Å². The number of sulfone groups is 1. The van der Waals surface area contributed by atoms with Crippen molar-refractivity contribution in [1.82, 2.24) is 10.0 Å². The van der Waals surface area contributed by atoms with Gasteiger partial charge >= 0.3 is 0 Å². The lowest BCUT2D eigenvalue weighted by atomic mass is 10.1. The Kier molecular flexibility index (Phi) is 5.41. The van der Waals surface area contributed by atoms with Gasteiger partial charge in [-0.2, -0.15) is 0 Å². The first-order chi connectivity index (χ1) is 13.2. The first kappa shape index (κ1) is 19.9. The van der Waals surface area contributed by atoms with Crippen molar-refractivity contribution in [2.24, 2.45) is 5.92 Å². The van der Waals surface area contributed by atoms with Crippen LogP contribution in [-0.4, -0.2) is 55.1 Å². The molecular weight excluding hydrogens is 388 g/mol. The van der Waals surface area contributed by atoms with Crippen LogP contribution in [0.4, 0.5) is 0 Å². The van der Waals surface area contributed by atoms with E-state index in [1.165, 1.54) is 6.07 Å². The Morgan fingerprint density at radius 2 is 1.96 bits per heavy atom. The number of nitrogens with one attached hydrogen (secondary N) is 1. The number of rotatable bonds is 8. The zero-order valence-electron chi connectivity index (χ0n) is 15.2. The Hall–Kier alpha value is -2.88. The molecule has 0 bridgehead atoms. The average molecular weight is 408 g/mol. The highest BCUT2D eigenvalue weighted by atomic mass is 32.2. The van der Waals surface area contributed by atoms with Crippen molar-refractivity contribution < 1.29 is 28.0 Å². The molecule has 2 aromatic rings. The number of carbonyl (C=O) groups excluding carboxylic acids is 2. The third-order valence-corrected chi connectivity index (χ3v) is 5.09. The molecular formula is C18H20N2O7S. The minimum Gasteiger partial charge on any atom is -0.506 e. The quantitative estimate of drug-likeness (QED) is 0.623. The molecule has 10 heteroatoms. The normalized spacial score (nSPS) is 14.0.